The van der Waals surface area contributed by atoms with Crippen LogP contribution in [0.2, 0.25) is 0 Å². The maximum Gasteiger partial charge on any atom is 0.213 e. The number of rotatable bonds is 5. The molecule has 1 aliphatic heterocycles. The molecule has 1 aliphatic rings. The van der Waals surface area contributed by atoms with Crippen molar-refractivity contribution in [2.24, 2.45) is 5.14 Å². The second kappa shape index (κ2) is 6.42. The summed E-state index contributed by atoms with van der Waals surface area (Å²) in [5.74, 6) is 0.653. The van der Waals surface area contributed by atoms with Crippen LogP contribution in [0.25, 0.3) is 11.1 Å². The third kappa shape index (κ3) is 3.33. The lowest BCUT2D eigenvalue weighted by atomic mass is 9.89. The zero-order chi connectivity index (χ0) is 18.2. The Morgan fingerprint density at radius 2 is 2.12 bits per heavy atom. The maximum atomic E-state index is 11.4. The molecular weight excluding hydrogens is 342 g/mol. The maximum absolute atomic E-state index is 11.4. The summed E-state index contributed by atoms with van der Waals surface area (Å²) in [5, 5.41) is 15.2. The van der Waals surface area contributed by atoms with Crippen LogP contribution in [0.1, 0.15) is 23.7 Å². The SMILES string of the molecule is C=CCC1Oc2ccc(O)c(OC)c2-c2ccc(CS(N)(=O)=O)cc21. The fourth-order valence-corrected chi connectivity index (χ4v) is 3.73. The Labute approximate surface area is 146 Å². The molecule has 0 fully saturated rings. The van der Waals surface area contributed by atoms with E-state index in [2.05, 4.69) is 6.58 Å². The molecule has 1 heterocycles. The molecule has 0 aliphatic carbocycles. The van der Waals surface area contributed by atoms with Crippen LogP contribution < -0.4 is 14.6 Å². The van der Waals surface area contributed by atoms with Crippen LogP contribution in [-0.2, 0) is 15.8 Å². The molecule has 25 heavy (non-hydrogen) atoms. The zero-order valence-corrected chi connectivity index (χ0v) is 14.5. The molecule has 6 nitrogen and oxygen atoms in total. The molecule has 0 spiro atoms. The number of hydrogen-bond acceptors (Lipinski definition) is 5. The van der Waals surface area contributed by atoms with Crippen LogP contribution >= 0.6 is 0 Å². The van der Waals surface area contributed by atoms with Gasteiger partial charge in [0.2, 0.25) is 10.0 Å². The van der Waals surface area contributed by atoms with Gasteiger partial charge in [0.1, 0.15) is 11.9 Å². The quantitative estimate of drug-likeness (QED) is 0.798. The second-order valence-corrected chi connectivity index (χ2v) is 7.47. The third-order valence-corrected chi connectivity index (χ3v) is 4.79. The van der Waals surface area contributed by atoms with Crippen molar-refractivity contribution in [3.05, 3.63) is 54.1 Å². The highest BCUT2D eigenvalue weighted by atomic mass is 32.2. The number of fused-ring (bicyclic) bond motifs is 3. The molecule has 0 saturated carbocycles. The van der Waals surface area contributed by atoms with E-state index in [0.717, 1.165) is 11.1 Å². The Morgan fingerprint density at radius 3 is 2.76 bits per heavy atom. The summed E-state index contributed by atoms with van der Waals surface area (Å²) in [4.78, 5) is 0. The highest BCUT2D eigenvalue weighted by molar-refractivity contribution is 7.88. The molecule has 1 atom stereocenters. The molecule has 7 heteroatoms. The van der Waals surface area contributed by atoms with E-state index in [1.165, 1.54) is 13.2 Å². The fraction of sp³-hybridized carbons (Fsp3) is 0.222. The van der Waals surface area contributed by atoms with Gasteiger partial charge in [0.25, 0.3) is 0 Å². The predicted molar refractivity (Wildman–Crippen MR) is 95.1 cm³/mol. The van der Waals surface area contributed by atoms with Gasteiger partial charge in [-0.15, -0.1) is 6.58 Å². The van der Waals surface area contributed by atoms with E-state index >= 15 is 0 Å². The Kier molecular flexibility index (Phi) is 4.45. The minimum Gasteiger partial charge on any atom is -0.504 e. The summed E-state index contributed by atoms with van der Waals surface area (Å²) < 4.78 is 34.2. The van der Waals surface area contributed by atoms with Crippen LogP contribution in [0, 0.1) is 0 Å². The standard InChI is InChI=1S/C18H19NO5S/c1-3-4-15-13-9-11(10-25(19,21)22)5-6-12(13)17-16(24-15)8-7-14(20)18(17)23-2/h3,5-9,15,20H,1,4,10H2,2H3,(H2,19,21,22). The van der Waals surface area contributed by atoms with Crippen molar-refractivity contribution >= 4 is 10.0 Å². The zero-order valence-electron chi connectivity index (χ0n) is 13.7. The first-order chi connectivity index (χ1) is 11.8. The number of benzene rings is 2. The van der Waals surface area contributed by atoms with Crippen LogP contribution in [0.5, 0.6) is 17.2 Å². The third-order valence-electron chi connectivity index (χ3n) is 4.05. The van der Waals surface area contributed by atoms with Crippen molar-refractivity contribution in [3.8, 4) is 28.4 Å². The summed E-state index contributed by atoms with van der Waals surface area (Å²) >= 11 is 0. The van der Waals surface area contributed by atoms with E-state index in [-0.39, 0.29) is 17.6 Å². The van der Waals surface area contributed by atoms with Gasteiger partial charge in [-0.25, -0.2) is 13.6 Å². The summed E-state index contributed by atoms with van der Waals surface area (Å²) in [6.45, 7) is 3.75. The summed E-state index contributed by atoms with van der Waals surface area (Å²) in [6, 6.07) is 8.47. The van der Waals surface area contributed by atoms with Crippen LogP contribution in [0.3, 0.4) is 0 Å². The van der Waals surface area contributed by atoms with Gasteiger partial charge in [-0.2, -0.15) is 0 Å². The first-order valence-corrected chi connectivity index (χ1v) is 9.36. The van der Waals surface area contributed by atoms with Gasteiger partial charge in [0, 0.05) is 12.0 Å². The topological polar surface area (TPSA) is 98.8 Å². The van der Waals surface area contributed by atoms with E-state index in [1.54, 1.807) is 30.3 Å². The number of methoxy groups -OCH3 is 1. The van der Waals surface area contributed by atoms with Crippen molar-refractivity contribution in [2.75, 3.05) is 7.11 Å². The Bertz CT molecular complexity index is 937. The van der Waals surface area contributed by atoms with E-state index in [9.17, 15) is 13.5 Å². The number of sulfonamides is 1. The van der Waals surface area contributed by atoms with Crippen molar-refractivity contribution in [1.82, 2.24) is 0 Å². The lowest BCUT2D eigenvalue weighted by molar-refractivity contribution is 0.204. The predicted octanol–water partition coefficient (Wildman–Crippen LogP) is 2.87. The Hall–Kier alpha value is -2.51. The monoisotopic (exact) mass is 361 g/mol. The number of aromatic hydroxyl groups is 1. The molecule has 132 valence electrons. The van der Waals surface area contributed by atoms with Gasteiger partial charge < -0.3 is 14.6 Å². The van der Waals surface area contributed by atoms with Gasteiger partial charge in [-0.1, -0.05) is 24.3 Å². The van der Waals surface area contributed by atoms with E-state index < -0.39 is 10.0 Å². The highest BCUT2D eigenvalue weighted by Crippen LogP contribution is 2.51. The van der Waals surface area contributed by atoms with Crippen LogP contribution in [0.15, 0.2) is 43.0 Å². The van der Waals surface area contributed by atoms with Crippen LogP contribution in [-0.4, -0.2) is 20.6 Å². The summed E-state index contributed by atoms with van der Waals surface area (Å²) in [6.07, 6.45) is 1.98. The van der Waals surface area contributed by atoms with Crippen molar-refractivity contribution < 1.29 is 23.0 Å². The Morgan fingerprint density at radius 1 is 1.36 bits per heavy atom. The van der Waals surface area contributed by atoms with Gasteiger partial charge in [0.05, 0.1) is 18.4 Å². The number of phenols is 1. The lowest BCUT2D eigenvalue weighted by Gasteiger charge is -2.30. The first-order valence-electron chi connectivity index (χ1n) is 7.65. The van der Waals surface area contributed by atoms with E-state index in [1.807, 2.05) is 0 Å². The molecular formula is C18H19NO5S. The molecule has 1 unspecified atom stereocenters. The molecule has 0 bridgehead atoms. The molecule has 2 aromatic rings. The van der Waals surface area contributed by atoms with Gasteiger partial charge >= 0.3 is 0 Å². The van der Waals surface area contributed by atoms with Crippen molar-refractivity contribution in [2.45, 2.75) is 18.3 Å². The van der Waals surface area contributed by atoms with Crippen molar-refractivity contribution in [1.29, 1.82) is 0 Å². The normalized spacial score (nSPS) is 15.7. The van der Waals surface area contributed by atoms with Gasteiger partial charge in [-0.3, -0.25) is 0 Å². The summed E-state index contributed by atoms with van der Waals surface area (Å²) in [5.41, 5.74) is 2.83. The van der Waals surface area contributed by atoms with Crippen molar-refractivity contribution in [3.63, 3.8) is 0 Å². The second-order valence-electron chi connectivity index (χ2n) is 5.85. The Balaban J connectivity index is 2.21. The minimum atomic E-state index is -3.64. The van der Waals surface area contributed by atoms with E-state index in [0.29, 0.717) is 29.0 Å². The molecule has 0 radical (unpaired) electrons. The number of phenolic OH excluding ortho intramolecular Hbond substituents is 1. The molecule has 0 amide bonds. The molecule has 0 aromatic heterocycles. The fourth-order valence-electron chi connectivity index (χ4n) is 3.09. The number of hydrogen-bond donors (Lipinski definition) is 2. The smallest absolute Gasteiger partial charge is 0.213 e. The highest BCUT2D eigenvalue weighted by Gasteiger charge is 2.29. The number of nitrogens with two attached hydrogens (primary N) is 1. The molecule has 2 aromatic carbocycles. The minimum absolute atomic E-state index is 0.00610. The number of ether oxygens (including phenoxy) is 2. The molecule has 3 N–H and O–H groups in total. The van der Waals surface area contributed by atoms with E-state index in [4.69, 9.17) is 14.6 Å². The largest absolute Gasteiger partial charge is 0.504 e. The molecule has 3 rings (SSSR count). The van der Waals surface area contributed by atoms with Gasteiger partial charge in [0.15, 0.2) is 11.5 Å². The average molecular weight is 361 g/mol. The summed E-state index contributed by atoms with van der Waals surface area (Å²) in [7, 11) is -2.17. The molecule has 0 saturated heterocycles. The lowest BCUT2D eigenvalue weighted by Crippen LogP contribution is -2.17. The first kappa shape index (κ1) is 17.3. The number of primary sulfonamides is 1. The van der Waals surface area contributed by atoms with Gasteiger partial charge in [-0.05, 0) is 23.3 Å². The average Bonchev–Trinajstić information content (AvgIpc) is 2.54. The van der Waals surface area contributed by atoms with Crippen LogP contribution in [0.4, 0.5) is 0 Å².